The number of carbonyl (C=O) groups excluding carboxylic acids is 1. The Morgan fingerprint density at radius 1 is 1.15 bits per heavy atom. The molecule has 0 fully saturated rings. The first-order valence-electron chi connectivity index (χ1n) is 8.01. The van der Waals surface area contributed by atoms with Gasteiger partial charge in [-0.2, -0.15) is 0 Å². The number of hydrogen-bond donors (Lipinski definition) is 1. The number of pyridine rings is 2. The monoisotopic (exact) mass is 345 g/mol. The standard InChI is InChI=1S/C19H15N5O2/c1-2-13-6-8-23-12-14(21-17(23)9-13)11-20-19(26)15-10-18(25)24-7-4-3-5-16(24)22-15/h2-10,12H,1,11H2,(H,20,26). The zero-order valence-corrected chi connectivity index (χ0v) is 13.8. The van der Waals surface area contributed by atoms with E-state index in [1.54, 1.807) is 30.5 Å². The Hall–Kier alpha value is -3.74. The lowest BCUT2D eigenvalue weighted by molar-refractivity contribution is 0.0945. The van der Waals surface area contributed by atoms with Gasteiger partial charge in [-0.05, 0) is 29.8 Å². The van der Waals surface area contributed by atoms with Gasteiger partial charge in [-0.25, -0.2) is 9.97 Å². The van der Waals surface area contributed by atoms with Crippen molar-refractivity contribution in [1.29, 1.82) is 0 Å². The molecule has 4 aromatic rings. The van der Waals surface area contributed by atoms with Crippen molar-refractivity contribution >= 4 is 23.3 Å². The Balaban J connectivity index is 1.55. The molecule has 0 bridgehead atoms. The molecule has 26 heavy (non-hydrogen) atoms. The summed E-state index contributed by atoms with van der Waals surface area (Å²) in [6.45, 7) is 3.97. The SMILES string of the molecule is C=Cc1ccn2cc(CNC(=O)c3cc(=O)n4ccccc4n3)nc2c1. The molecule has 1 N–H and O–H groups in total. The van der Waals surface area contributed by atoms with Gasteiger partial charge >= 0.3 is 0 Å². The van der Waals surface area contributed by atoms with Crippen LogP contribution in [0.2, 0.25) is 0 Å². The highest BCUT2D eigenvalue weighted by atomic mass is 16.2. The van der Waals surface area contributed by atoms with Crippen molar-refractivity contribution in [2.75, 3.05) is 0 Å². The van der Waals surface area contributed by atoms with Crippen molar-refractivity contribution in [3.8, 4) is 0 Å². The first kappa shape index (κ1) is 15.8. The van der Waals surface area contributed by atoms with Crippen molar-refractivity contribution in [1.82, 2.24) is 24.1 Å². The average molecular weight is 345 g/mol. The molecule has 0 aliphatic carbocycles. The molecule has 0 unspecified atom stereocenters. The van der Waals surface area contributed by atoms with Crippen LogP contribution in [0.4, 0.5) is 0 Å². The number of carbonyl (C=O) groups is 1. The summed E-state index contributed by atoms with van der Waals surface area (Å²) >= 11 is 0. The quantitative estimate of drug-likeness (QED) is 0.613. The van der Waals surface area contributed by atoms with Gasteiger partial charge in [-0.1, -0.05) is 18.7 Å². The second-order valence-corrected chi connectivity index (χ2v) is 5.75. The Kier molecular flexibility index (Phi) is 3.81. The summed E-state index contributed by atoms with van der Waals surface area (Å²) in [7, 11) is 0. The van der Waals surface area contributed by atoms with Crippen molar-refractivity contribution in [2.24, 2.45) is 0 Å². The summed E-state index contributed by atoms with van der Waals surface area (Å²) < 4.78 is 3.26. The fourth-order valence-corrected chi connectivity index (χ4v) is 2.69. The van der Waals surface area contributed by atoms with E-state index in [4.69, 9.17) is 0 Å². The molecule has 0 saturated heterocycles. The van der Waals surface area contributed by atoms with Crippen LogP contribution in [-0.2, 0) is 6.54 Å². The van der Waals surface area contributed by atoms with E-state index in [0.29, 0.717) is 11.3 Å². The van der Waals surface area contributed by atoms with Gasteiger partial charge in [-0.3, -0.25) is 14.0 Å². The highest BCUT2D eigenvalue weighted by Gasteiger charge is 2.11. The van der Waals surface area contributed by atoms with E-state index in [-0.39, 0.29) is 17.8 Å². The van der Waals surface area contributed by atoms with Crippen LogP contribution in [-0.4, -0.2) is 24.7 Å². The molecular weight excluding hydrogens is 330 g/mol. The van der Waals surface area contributed by atoms with Gasteiger partial charge < -0.3 is 9.72 Å². The molecule has 0 spiro atoms. The summed E-state index contributed by atoms with van der Waals surface area (Å²) in [5.41, 5.74) is 2.66. The zero-order chi connectivity index (χ0) is 18.1. The third-order valence-corrected chi connectivity index (χ3v) is 4.00. The maximum absolute atomic E-state index is 12.4. The molecule has 0 saturated carbocycles. The minimum absolute atomic E-state index is 0.0823. The summed E-state index contributed by atoms with van der Waals surface area (Å²) in [6, 6.07) is 10.2. The molecule has 7 nitrogen and oxygen atoms in total. The number of aromatic nitrogens is 4. The topological polar surface area (TPSA) is 80.8 Å². The summed E-state index contributed by atoms with van der Waals surface area (Å²) in [6.07, 6.45) is 7.09. The average Bonchev–Trinajstić information content (AvgIpc) is 3.08. The number of imidazole rings is 1. The van der Waals surface area contributed by atoms with Gasteiger partial charge in [0.15, 0.2) is 0 Å². The van der Waals surface area contributed by atoms with E-state index in [1.807, 2.05) is 28.9 Å². The number of hydrogen-bond acceptors (Lipinski definition) is 4. The minimum atomic E-state index is -0.419. The van der Waals surface area contributed by atoms with Crippen LogP contribution in [0.3, 0.4) is 0 Å². The van der Waals surface area contributed by atoms with E-state index < -0.39 is 5.91 Å². The first-order chi connectivity index (χ1) is 12.6. The van der Waals surface area contributed by atoms with Crippen LogP contribution >= 0.6 is 0 Å². The van der Waals surface area contributed by atoms with Gasteiger partial charge in [0.2, 0.25) is 0 Å². The largest absolute Gasteiger partial charge is 0.345 e. The second-order valence-electron chi connectivity index (χ2n) is 5.75. The van der Waals surface area contributed by atoms with E-state index in [0.717, 1.165) is 11.2 Å². The number of nitrogens with one attached hydrogen (secondary N) is 1. The zero-order valence-electron chi connectivity index (χ0n) is 13.8. The van der Waals surface area contributed by atoms with Crippen molar-refractivity contribution in [3.63, 3.8) is 0 Å². The molecule has 0 aliphatic heterocycles. The molecule has 4 rings (SSSR count). The second kappa shape index (κ2) is 6.29. The lowest BCUT2D eigenvalue weighted by Crippen LogP contribution is -2.27. The number of amides is 1. The molecular formula is C19H15N5O2. The lowest BCUT2D eigenvalue weighted by atomic mass is 10.3. The van der Waals surface area contributed by atoms with Crippen LogP contribution < -0.4 is 10.9 Å². The van der Waals surface area contributed by atoms with Crippen LogP contribution in [0.15, 0.2) is 66.4 Å². The lowest BCUT2D eigenvalue weighted by Gasteiger charge is -2.04. The number of fused-ring (bicyclic) bond motifs is 2. The summed E-state index contributed by atoms with van der Waals surface area (Å²) in [5.74, 6) is -0.419. The predicted molar refractivity (Wildman–Crippen MR) is 97.9 cm³/mol. The molecule has 7 heteroatoms. The third kappa shape index (κ3) is 2.86. The van der Waals surface area contributed by atoms with E-state index >= 15 is 0 Å². The van der Waals surface area contributed by atoms with Gasteiger partial charge in [0.25, 0.3) is 11.5 Å². The third-order valence-electron chi connectivity index (χ3n) is 4.00. The van der Waals surface area contributed by atoms with E-state index in [9.17, 15) is 9.59 Å². The first-order valence-corrected chi connectivity index (χ1v) is 8.01. The molecule has 0 aliphatic rings. The highest BCUT2D eigenvalue weighted by Crippen LogP contribution is 2.09. The van der Waals surface area contributed by atoms with Crippen molar-refractivity contribution in [3.05, 3.63) is 88.9 Å². The molecule has 0 aromatic carbocycles. The van der Waals surface area contributed by atoms with E-state index in [2.05, 4.69) is 21.9 Å². The van der Waals surface area contributed by atoms with Gasteiger partial charge in [-0.15, -0.1) is 0 Å². The fraction of sp³-hybridized carbons (Fsp3) is 0.0526. The number of rotatable bonds is 4. The Labute approximate surface area is 148 Å². The van der Waals surface area contributed by atoms with Crippen LogP contribution in [0.25, 0.3) is 17.4 Å². The van der Waals surface area contributed by atoms with E-state index in [1.165, 1.54) is 10.5 Å². The molecule has 1 amide bonds. The van der Waals surface area contributed by atoms with Gasteiger partial charge in [0.1, 0.15) is 17.0 Å². The Morgan fingerprint density at radius 2 is 2.04 bits per heavy atom. The van der Waals surface area contributed by atoms with Crippen molar-refractivity contribution in [2.45, 2.75) is 6.54 Å². The van der Waals surface area contributed by atoms with Gasteiger partial charge in [0.05, 0.1) is 12.2 Å². The summed E-state index contributed by atoms with van der Waals surface area (Å²) in [5, 5.41) is 2.75. The fourth-order valence-electron chi connectivity index (χ4n) is 2.69. The molecule has 4 aromatic heterocycles. The maximum Gasteiger partial charge on any atom is 0.270 e. The number of nitrogens with zero attached hydrogens (tertiary/aromatic N) is 4. The molecule has 0 atom stereocenters. The highest BCUT2D eigenvalue weighted by molar-refractivity contribution is 5.92. The maximum atomic E-state index is 12.4. The molecule has 4 heterocycles. The predicted octanol–water partition coefficient (Wildman–Crippen LogP) is 1.92. The molecule has 128 valence electrons. The van der Waals surface area contributed by atoms with Crippen LogP contribution in [0, 0.1) is 0 Å². The van der Waals surface area contributed by atoms with Crippen molar-refractivity contribution < 1.29 is 4.79 Å². The normalized spacial score (nSPS) is 10.9. The summed E-state index contributed by atoms with van der Waals surface area (Å²) in [4.78, 5) is 33.1. The van der Waals surface area contributed by atoms with Crippen LogP contribution in [0.5, 0.6) is 0 Å². The van der Waals surface area contributed by atoms with Gasteiger partial charge in [0, 0.05) is 24.7 Å². The Bertz CT molecular complexity index is 1210. The minimum Gasteiger partial charge on any atom is -0.345 e. The molecule has 0 radical (unpaired) electrons. The Morgan fingerprint density at radius 3 is 2.88 bits per heavy atom. The smallest absolute Gasteiger partial charge is 0.270 e. The van der Waals surface area contributed by atoms with Crippen LogP contribution in [0.1, 0.15) is 21.7 Å².